The van der Waals surface area contributed by atoms with Gasteiger partial charge >= 0.3 is 18.0 Å². The van der Waals surface area contributed by atoms with Gasteiger partial charge in [-0.3, -0.25) is 9.59 Å². The van der Waals surface area contributed by atoms with Crippen LogP contribution >= 0.6 is 0 Å². The first-order chi connectivity index (χ1) is 18.3. The number of benzene rings is 1. The standard InChI is InChI=1S/C29H44N2O8/c1-8-17-38-27(35)25(20(3)9-2)31(26(34)21(4)30-28(36)39-29(5,6)7)19-22-13-15-23(16-14-22)37-18-11-10-12-24(32)33/h8,13-16,20-21,25H,1,9-12,17-19H2,2-7H3,(H,30,36)(H,32,33)/t20?,21?,25-/m0/s1. The highest BCUT2D eigenvalue weighted by atomic mass is 16.6. The van der Waals surface area contributed by atoms with Crippen molar-refractivity contribution >= 4 is 23.9 Å². The van der Waals surface area contributed by atoms with Gasteiger partial charge in [0.15, 0.2) is 0 Å². The van der Waals surface area contributed by atoms with E-state index in [4.69, 9.17) is 19.3 Å². The van der Waals surface area contributed by atoms with E-state index < -0.39 is 41.6 Å². The van der Waals surface area contributed by atoms with Gasteiger partial charge in [-0.1, -0.05) is 45.1 Å². The average Bonchev–Trinajstić information content (AvgIpc) is 2.85. The van der Waals surface area contributed by atoms with E-state index in [-0.39, 0.29) is 25.5 Å². The molecule has 2 amide bonds. The Kier molecular flexibility index (Phi) is 14.1. The van der Waals surface area contributed by atoms with Gasteiger partial charge in [-0.15, -0.1) is 0 Å². The molecule has 10 heteroatoms. The molecule has 0 saturated carbocycles. The Hall–Kier alpha value is -3.56. The summed E-state index contributed by atoms with van der Waals surface area (Å²) in [4.78, 5) is 51.2. The maximum Gasteiger partial charge on any atom is 0.408 e. The van der Waals surface area contributed by atoms with Gasteiger partial charge in [-0.25, -0.2) is 9.59 Å². The topological polar surface area (TPSA) is 131 Å². The van der Waals surface area contributed by atoms with E-state index in [1.807, 2.05) is 13.8 Å². The molecule has 2 N–H and O–H groups in total. The number of esters is 1. The number of rotatable bonds is 16. The molecule has 0 heterocycles. The van der Waals surface area contributed by atoms with Crippen molar-refractivity contribution in [3.8, 4) is 5.75 Å². The van der Waals surface area contributed by atoms with Crippen LogP contribution in [0.5, 0.6) is 5.75 Å². The van der Waals surface area contributed by atoms with Crippen molar-refractivity contribution in [1.82, 2.24) is 10.2 Å². The Morgan fingerprint density at radius 1 is 1.10 bits per heavy atom. The van der Waals surface area contributed by atoms with E-state index in [1.54, 1.807) is 52.0 Å². The monoisotopic (exact) mass is 548 g/mol. The lowest BCUT2D eigenvalue weighted by Crippen LogP contribution is -2.55. The van der Waals surface area contributed by atoms with E-state index in [1.165, 1.54) is 11.0 Å². The number of aliphatic carboxylic acids is 1. The van der Waals surface area contributed by atoms with Crippen LogP contribution in [0.2, 0.25) is 0 Å². The van der Waals surface area contributed by atoms with Crippen molar-refractivity contribution in [2.75, 3.05) is 13.2 Å². The van der Waals surface area contributed by atoms with Crippen LogP contribution in [0, 0.1) is 5.92 Å². The quantitative estimate of drug-likeness (QED) is 0.173. The summed E-state index contributed by atoms with van der Waals surface area (Å²) in [7, 11) is 0. The summed E-state index contributed by atoms with van der Waals surface area (Å²) in [5, 5.41) is 11.3. The fraction of sp³-hybridized carbons (Fsp3) is 0.586. The second-order valence-corrected chi connectivity index (χ2v) is 10.4. The Morgan fingerprint density at radius 3 is 2.28 bits per heavy atom. The summed E-state index contributed by atoms with van der Waals surface area (Å²) in [5.41, 5.74) is 0.0104. The summed E-state index contributed by atoms with van der Waals surface area (Å²) in [6, 6.07) is 5.24. The molecule has 0 fully saturated rings. The first-order valence-electron chi connectivity index (χ1n) is 13.3. The van der Waals surface area contributed by atoms with Crippen molar-refractivity contribution in [2.24, 2.45) is 5.92 Å². The molecule has 0 aliphatic carbocycles. The van der Waals surface area contributed by atoms with Crippen LogP contribution in [0.4, 0.5) is 4.79 Å². The van der Waals surface area contributed by atoms with Crippen molar-refractivity contribution in [3.05, 3.63) is 42.5 Å². The first kappa shape index (κ1) is 33.5. The molecule has 0 bridgehead atoms. The summed E-state index contributed by atoms with van der Waals surface area (Å²) in [6.45, 7) is 14.6. The van der Waals surface area contributed by atoms with Crippen LogP contribution < -0.4 is 10.1 Å². The van der Waals surface area contributed by atoms with E-state index in [0.717, 1.165) is 5.56 Å². The largest absolute Gasteiger partial charge is 0.494 e. The Bertz CT molecular complexity index is 955. The Morgan fingerprint density at radius 2 is 1.74 bits per heavy atom. The number of unbranched alkanes of at least 4 members (excludes halogenated alkanes) is 1. The van der Waals surface area contributed by atoms with Gasteiger partial charge < -0.3 is 29.5 Å². The highest BCUT2D eigenvalue weighted by Crippen LogP contribution is 2.22. The van der Waals surface area contributed by atoms with Crippen LogP contribution in [0.15, 0.2) is 36.9 Å². The zero-order valence-electron chi connectivity index (χ0n) is 24.0. The van der Waals surface area contributed by atoms with Crippen molar-refractivity contribution in [2.45, 2.75) is 91.5 Å². The molecular formula is C29H44N2O8. The molecule has 39 heavy (non-hydrogen) atoms. The molecule has 10 nitrogen and oxygen atoms in total. The number of amides is 2. The zero-order chi connectivity index (χ0) is 29.6. The van der Waals surface area contributed by atoms with E-state index >= 15 is 0 Å². The maximum absolute atomic E-state index is 13.7. The third kappa shape index (κ3) is 12.7. The number of nitrogens with zero attached hydrogens (tertiary/aromatic N) is 1. The number of hydrogen-bond donors (Lipinski definition) is 2. The first-order valence-corrected chi connectivity index (χ1v) is 13.3. The molecule has 0 spiro atoms. The van der Waals surface area contributed by atoms with E-state index in [9.17, 15) is 19.2 Å². The number of carboxylic acid groups (broad SMARTS) is 1. The molecule has 3 atom stereocenters. The van der Waals surface area contributed by atoms with Gasteiger partial charge in [0, 0.05) is 13.0 Å². The van der Waals surface area contributed by atoms with E-state index in [0.29, 0.717) is 31.6 Å². The Balaban J connectivity index is 3.13. The molecule has 1 aromatic carbocycles. The molecule has 0 aliphatic heterocycles. The van der Waals surface area contributed by atoms with Gasteiger partial charge in [-0.05, 0) is 64.2 Å². The lowest BCUT2D eigenvalue weighted by molar-refractivity contribution is -0.158. The summed E-state index contributed by atoms with van der Waals surface area (Å²) in [6.07, 6.45) is 2.58. The highest BCUT2D eigenvalue weighted by Gasteiger charge is 2.37. The zero-order valence-corrected chi connectivity index (χ0v) is 24.0. The Labute approximate surface area is 231 Å². The van der Waals surface area contributed by atoms with Gasteiger partial charge in [0.05, 0.1) is 6.61 Å². The van der Waals surface area contributed by atoms with Crippen LogP contribution in [0.25, 0.3) is 0 Å². The summed E-state index contributed by atoms with van der Waals surface area (Å²) in [5.74, 6) is -1.47. The van der Waals surface area contributed by atoms with Crippen LogP contribution in [0.1, 0.15) is 72.8 Å². The third-order valence-corrected chi connectivity index (χ3v) is 5.82. The molecule has 2 unspecified atom stereocenters. The average molecular weight is 549 g/mol. The second kappa shape index (κ2) is 16.4. The molecule has 0 aromatic heterocycles. The number of carboxylic acids is 1. The number of ether oxygens (including phenoxy) is 3. The van der Waals surface area contributed by atoms with Gasteiger partial charge in [-0.2, -0.15) is 0 Å². The fourth-order valence-corrected chi connectivity index (χ4v) is 3.68. The van der Waals surface area contributed by atoms with Crippen molar-refractivity contribution in [1.29, 1.82) is 0 Å². The van der Waals surface area contributed by atoms with E-state index in [2.05, 4.69) is 11.9 Å². The molecule has 1 rings (SSSR count). The van der Waals surface area contributed by atoms with Crippen molar-refractivity contribution in [3.63, 3.8) is 0 Å². The minimum Gasteiger partial charge on any atom is -0.494 e. The minimum absolute atomic E-state index is 0.0119. The smallest absolute Gasteiger partial charge is 0.408 e. The molecule has 0 saturated heterocycles. The second-order valence-electron chi connectivity index (χ2n) is 10.4. The summed E-state index contributed by atoms with van der Waals surface area (Å²) < 4.78 is 16.3. The fourth-order valence-electron chi connectivity index (χ4n) is 3.68. The number of hydrogen-bond acceptors (Lipinski definition) is 7. The lowest BCUT2D eigenvalue weighted by Gasteiger charge is -2.35. The van der Waals surface area contributed by atoms with Crippen LogP contribution in [-0.4, -0.2) is 64.8 Å². The molecule has 218 valence electrons. The number of nitrogens with one attached hydrogen (secondary N) is 1. The SMILES string of the molecule is C=CCOC(=O)[C@H](C(C)CC)N(Cc1ccc(OCCCCC(=O)O)cc1)C(=O)C(C)NC(=O)OC(C)(C)C. The third-order valence-electron chi connectivity index (χ3n) is 5.82. The number of carbonyl (C=O) groups excluding carboxylic acids is 3. The summed E-state index contributed by atoms with van der Waals surface area (Å²) >= 11 is 0. The lowest BCUT2D eigenvalue weighted by atomic mass is 9.96. The predicted octanol–water partition coefficient (Wildman–Crippen LogP) is 4.71. The van der Waals surface area contributed by atoms with Gasteiger partial charge in [0.25, 0.3) is 0 Å². The van der Waals surface area contributed by atoms with Gasteiger partial charge in [0.1, 0.15) is 30.0 Å². The molecule has 1 aromatic rings. The number of carbonyl (C=O) groups is 4. The molecular weight excluding hydrogens is 504 g/mol. The van der Waals surface area contributed by atoms with Crippen molar-refractivity contribution < 1.29 is 38.5 Å². The van der Waals surface area contributed by atoms with Crippen LogP contribution in [-0.2, 0) is 30.4 Å². The molecule has 0 aliphatic rings. The van der Waals surface area contributed by atoms with Crippen LogP contribution in [0.3, 0.4) is 0 Å². The maximum atomic E-state index is 13.7. The number of alkyl carbamates (subject to hydrolysis) is 1. The highest BCUT2D eigenvalue weighted by molar-refractivity contribution is 5.89. The minimum atomic E-state index is -0.966. The predicted molar refractivity (Wildman–Crippen MR) is 147 cm³/mol. The normalized spacial score (nSPS) is 13.4. The molecule has 0 radical (unpaired) electrons. The van der Waals surface area contributed by atoms with Gasteiger partial charge in [0.2, 0.25) is 5.91 Å².